The summed E-state index contributed by atoms with van der Waals surface area (Å²) in [7, 11) is 0. The molecule has 0 radical (unpaired) electrons. The number of nitrogens with one attached hydrogen (secondary N) is 3. The van der Waals surface area contributed by atoms with Gasteiger partial charge in [-0.25, -0.2) is 4.79 Å². The summed E-state index contributed by atoms with van der Waals surface area (Å²) in [4.78, 5) is 70.1. The van der Waals surface area contributed by atoms with Crippen LogP contribution in [0.5, 0.6) is 0 Å². The number of aliphatic carboxylic acids is 2. The van der Waals surface area contributed by atoms with Gasteiger partial charge in [-0.3, -0.25) is 24.0 Å². The zero-order chi connectivity index (χ0) is 24.3. The van der Waals surface area contributed by atoms with Crippen LogP contribution in [0.3, 0.4) is 0 Å². The largest absolute Gasteiger partial charge is 0.481 e. The number of hydrogen-bond donors (Lipinski definition) is 8. The van der Waals surface area contributed by atoms with Crippen LogP contribution >= 0.6 is 0 Å². The van der Waals surface area contributed by atoms with Crippen molar-refractivity contribution in [3.8, 4) is 0 Å². The van der Waals surface area contributed by atoms with Gasteiger partial charge in [0.2, 0.25) is 23.6 Å². The van der Waals surface area contributed by atoms with E-state index >= 15 is 0 Å². The number of amides is 4. The van der Waals surface area contributed by atoms with Crippen molar-refractivity contribution in [2.24, 2.45) is 17.4 Å². The Labute approximate surface area is 177 Å². The molecule has 4 unspecified atom stereocenters. The van der Waals surface area contributed by atoms with E-state index in [4.69, 9.17) is 26.8 Å². The number of carbonyl (C=O) groups is 6. The standard InChI is InChI=1S/C17H29N5O9/c1-7(2)13(22-14(27)8(18)6-23)16(29)20-9(3-4-12(25)26)15(28)21-10(17(30)31)5-11(19)24/h7-10,13,23H,3-6,18H2,1-2H3,(H2,19,24)(H,20,29)(H,21,28)(H,22,27)(H,25,26)(H,30,31). The second kappa shape index (κ2) is 13.1. The summed E-state index contributed by atoms with van der Waals surface area (Å²) in [5.41, 5.74) is 10.4. The van der Waals surface area contributed by atoms with Crippen molar-refractivity contribution in [1.29, 1.82) is 0 Å². The van der Waals surface area contributed by atoms with E-state index in [1.54, 1.807) is 13.8 Å². The van der Waals surface area contributed by atoms with E-state index in [1.807, 2.05) is 5.32 Å². The Morgan fingerprint density at radius 3 is 1.84 bits per heavy atom. The highest BCUT2D eigenvalue weighted by Gasteiger charge is 2.32. The third kappa shape index (κ3) is 10.4. The van der Waals surface area contributed by atoms with Gasteiger partial charge in [-0.1, -0.05) is 13.8 Å². The van der Waals surface area contributed by atoms with Crippen LogP contribution in [-0.4, -0.2) is 81.7 Å². The maximum atomic E-state index is 12.6. The Hall–Kier alpha value is -3.26. The lowest BCUT2D eigenvalue weighted by Crippen LogP contribution is -2.58. The Kier molecular flexibility index (Phi) is 11.7. The highest BCUT2D eigenvalue weighted by molar-refractivity contribution is 5.95. The van der Waals surface area contributed by atoms with Gasteiger partial charge in [0.15, 0.2) is 0 Å². The molecule has 0 spiro atoms. The molecule has 10 N–H and O–H groups in total. The minimum Gasteiger partial charge on any atom is -0.481 e. The quantitative estimate of drug-likeness (QED) is 0.129. The van der Waals surface area contributed by atoms with Crippen molar-refractivity contribution >= 4 is 35.6 Å². The number of primary amides is 1. The third-order valence-corrected chi connectivity index (χ3v) is 4.08. The fourth-order valence-corrected chi connectivity index (χ4v) is 2.35. The SMILES string of the molecule is CC(C)C(NC(=O)C(N)CO)C(=O)NC(CCC(=O)O)C(=O)NC(CC(N)=O)C(=O)O. The van der Waals surface area contributed by atoms with Gasteiger partial charge in [-0.15, -0.1) is 0 Å². The van der Waals surface area contributed by atoms with E-state index in [9.17, 15) is 28.8 Å². The van der Waals surface area contributed by atoms with E-state index in [2.05, 4.69) is 10.6 Å². The van der Waals surface area contributed by atoms with Crippen LogP contribution in [0.2, 0.25) is 0 Å². The van der Waals surface area contributed by atoms with E-state index in [-0.39, 0.29) is 0 Å². The highest BCUT2D eigenvalue weighted by Crippen LogP contribution is 2.06. The molecule has 14 heteroatoms. The molecule has 0 aliphatic carbocycles. The number of carboxylic acid groups (broad SMARTS) is 2. The van der Waals surface area contributed by atoms with Gasteiger partial charge in [0, 0.05) is 6.42 Å². The van der Waals surface area contributed by atoms with Crippen molar-refractivity contribution in [1.82, 2.24) is 16.0 Å². The molecule has 0 fully saturated rings. The van der Waals surface area contributed by atoms with Crippen LogP contribution in [0.25, 0.3) is 0 Å². The van der Waals surface area contributed by atoms with Gasteiger partial charge < -0.3 is 42.7 Å². The van der Waals surface area contributed by atoms with E-state index in [1.165, 1.54) is 0 Å². The molecule has 0 rings (SSSR count). The van der Waals surface area contributed by atoms with Gasteiger partial charge in [0.25, 0.3) is 0 Å². The van der Waals surface area contributed by atoms with Crippen molar-refractivity contribution < 1.29 is 44.1 Å². The monoisotopic (exact) mass is 447 g/mol. The highest BCUT2D eigenvalue weighted by atomic mass is 16.4. The Bertz CT molecular complexity index is 697. The molecule has 0 saturated heterocycles. The number of hydrogen-bond acceptors (Lipinski definition) is 8. The number of carbonyl (C=O) groups excluding carboxylic acids is 4. The second-order valence-electron chi connectivity index (χ2n) is 7.08. The van der Waals surface area contributed by atoms with E-state index in [0.29, 0.717) is 0 Å². The van der Waals surface area contributed by atoms with Gasteiger partial charge in [-0.05, 0) is 12.3 Å². The predicted molar refractivity (Wildman–Crippen MR) is 104 cm³/mol. The van der Waals surface area contributed by atoms with Crippen LogP contribution < -0.4 is 27.4 Å². The predicted octanol–water partition coefficient (Wildman–Crippen LogP) is -3.76. The first-order chi connectivity index (χ1) is 14.3. The topological polar surface area (TPSA) is 251 Å². The molecular formula is C17H29N5O9. The normalized spacial score (nSPS) is 14.6. The molecule has 0 aromatic heterocycles. The molecule has 0 bridgehead atoms. The third-order valence-electron chi connectivity index (χ3n) is 4.08. The summed E-state index contributed by atoms with van der Waals surface area (Å²) >= 11 is 0. The minimum absolute atomic E-state index is 0.398. The van der Waals surface area contributed by atoms with Gasteiger partial charge in [0.1, 0.15) is 24.2 Å². The zero-order valence-electron chi connectivity index (χ0n) is 17.2. The fourth-order valence-electron chi connectivity index (χ4n) is 2.35. The molecule has 4 atom stereocenters. The average molecular weight is 447 g/mol. The molecule has 0 aliphatic rings. The van der Waals surface area contributed by atoms with Crippen molar-refractivity contribution in [2.75, 3.05) is 6.61 Å². The van der Waals surface area contributed by atoms with Crippen LogP contribution in [-0.2, 0) is 28.8 Å². The molecule has 0 aromatic rings. The summed E-state index contributed by atoms with van der Waals surface area (Å²) < 4.78 is 0. The molecule has 176 valence electrons. The Balaban J connectivity index is 5.50. The molecular weight excluding hydrogens is 418 g/mol. The number of aliphatic hydroxyl groups is 1. The summed E-state index contributed by atoms with van der Waals surface area (Å²) in [6.07, 6.45) is -1.66. The number of aliphatic hydroxyl groups excluding tert-OH is 1. The number of carboxylic acids is 2. The number of nitrogens with two attached hydrogens (primary N) is 2. The summed E-state index contributed by atoms with van der Waals surface area (Å²) in [5.74, 6) is -7.05. The average Bonchev–Trinajstić information content (AvgIpc) is 2.66. The first-order valence-corrected chi connectivity index (χ1v) is 9.30. The Morgan fingerprint density at radius 1 is 0.871 bits per heavy atom. The van der Waals surface area contributed by atoms with Crippen molar-refractivity contribution in [3.05, 3.63) is 0 Å². The first-order valence-electron chi connectivity index (χ1n) is 9.30. The summed E-state index contributed by atoms with van der Waals surface area (Å²) in [6, 6.07) is -5.64. The van der Waals surface area contributed by atoms with E-state index in [0.717, 1.165) is 0 Å². The Morgan fingerprint density at radius 2 is 1.42 bits per heavy atom. The van der Waals surface area contributed by atoms with Gasteiger partial charge in [-0.2, -0.15) is 0 Å². The second-order valence-corrected chi connectivity index (χ2v) is 7.08. The van der Waals surface area contributed by atoms with Crippen molar-refractivity contribution in [3.63, 3.8) is 0 Å². The molecule has 31 heavy (non-hydrogen) atoms. The lowest BCUT2D eigenvalue weighted by molar-refractivity contribution is -0.144. The smallest absolute Gasteiger partial charge is 0.326 e. The first kappa shape index (κ1) is 27.7. The molecule has 0 heterocycles. The minimum atomic E-state index is -1.68. The zero-order valence-corrected chi connectivity index (χ0v) is 17.2. The van der Waals surface area contributed by atoms with Crippen LogP contribution in [0.4, 0.5) is 0 Å². The van der Waals surface area contributed by atoms with Crippen LogP contribution in [0, 0.1) is 5.92 Å². The van der Waals surface area contributed by atoms with Crippen molar-refractivity contribution in [2.45, 2.75) is 57.3 Å². The molecule has 4 amide bonds. The van der Waals surface area contributed by atoms with Crippen LogP contribution in [0.15, 0.2) is 0 Å². The lowest BCUT2D eigenvalue weighted by atomic mass is 10.0. The summed E-state index contributed by atoms with van der Waals surface area (Å²) in [5, 5.41) is 33.6. The number of rotatable bonds is 14. The van der Waals surface area contributed by atoms with E-state index < -0.39 is 91.5 Å². The fraction of sp³-hybridized carbons (Fsp3) is 0.647. The molecule has 14 nitrogen and oxygen atoms in total. The molecule has 0 aromatic carbocycles. The maximum Gasteiger partial charge on any atom is 0.326 e. The van der Waals surface area contributed by atoms with Crippen LogP contribution in [0.1, 0.15) is 33.1 Å². The molecule has 0 aliphatic heterocycles. The maximum absolute atomic E-state index is 12.6. The van der Waals surface area contributed by atoms with Gasteiger partial charge >= 0.3 is 11.9 Å². The lowest BCUT2D eigenvalue weighted by Gasteiger charge is -2.26. The summed E-state index contributed by atoms with van der Waals surface area (Å²) in [6.45, 7) is 2.49. The molecule has 0 saturated carbocycles. The van der Waals surface area contributed by atoms with Gasteiger partial charge in [0.05, 0.1) is 13.0 Å².